The summed E-state index contributed by atoms with van der Waals surface area (Å²) in [5.41, 5.74) is 15.6. The molecule has 0 bridgehead atoms. The minimum atomic E-state index is -0.201. The van der Waals surface area contributed by atoms with Crippen LogP contribution in [0.3, 0.4) is 0 Å². The van der Waals surface area contributed by atoms with Gasteiger partial charge in [-0.15, -0.1) is 0 Å². The molecule has 0 spiro atoms. The SMILES string of the molecule is CC(C)(C)c1ccc2c(c1)c1ccc3c4ccccc4oc3c1n2-c1c(-n2c3ccccc3c3ccccc32)c(C#N)c(-n2c3ccc(-c4ccccc4)cc3c3ccc4c5ccccc5oc4c32)c(C#N)c1-n1c2ccccc2c2ccccc21. The maximum atomic E-state index is 13.0. The monoisotopic (exact) mass is 1100 g/mol. The van der Waals surface area contributed by atoms with Gasteiger partial charge in [-0.1, -0.05) is 185 Å². The Labute approximate surface area is 491 Å². The van der Waals surface area contributed by atoms with Gasteiger partial charge in [-0.2, -0.15) is 10.5 Å². The Bertz CT molecular complexity index is 5830. The summed E-state index contributed by atoms with van der Waals surface area (Å²) in [6.45, 7) is 6.75. The molecule has 0 saturated heterocycles. The van der Waals surface area contributed by atoms with E-state index in [2.05, 4.69) is 251 Å². The summed E-state index contributed by atoms with van der Waals surface area (Å²) in [6, 6.07) is 88.7. The Kier molecular flexibility index (Phi) is 9.76. The summed E-state index contributed by atoms with van der Waals surface area (Å²) in [5, 5.41) is 37.8. The molecule has 6 heterocycles. The van der Waals surface area contributed by atoms with Gasteiger partial charge in [-0.25, -0.2) is 0 Å². The molecule has 86 heavy (non-hydrogen) atoms. The number of para-hydroxylation sites is 6. The summed E-state index contributed by atoms with van der Waals surface area (Å²) < 4.78 is 23.4. The van der Waals surface area contributed by atoms with Crippen molar-refractivity contribution in [2.75, 3.05) is 0 Å². The number of hydrogen-bond acceptors (Lipinski definition) is 4. The lowest BCUT2D eigenvalue weighted by Crippen LogP contribution is -2.17. The molecule has 6 aromatic heterocycles. The molecule has 18 aromatic rings. The molecule has 0 amide bonds. The third kappa shape index (κ3) is 6.39. The van der Waals surface area contributed by atoms with Crippen molar-refractivity contribution in [2.45, 2.75) is 26.2 Å². The molecule has 18 rings (SSSR count). The van der Waals surface area contributed by atoms with E-state index in [1.54, 1.807) is 0 Å². The van der Waals surface area contributed by atoms with Crippen molar-refractivity contribution in [1.82, 2.24) is 18.3 Å². The standard InChI is InChI=1S/C78H48N6O2/c1-78(2,3)47-34-40-67-59(42-47)55-36-38-57-53-26-12-18-32-69(53)86-77(57)74(55)84(67)75-71(81-62-27-13-7-21-48(62)49-22-8-14-28-63(49)81)60(43-79)70(61(44-80)72(75)82-64-29-15-9-23-50(64)51-24-10-16-30-65(51)82)83-66-39-33-46(45-19-5-4-6-20-45)41-58(66)54-35-37-56-52-25-11-17-31-68(52)85-76(56)73(54)83/h4-42H,1-3H3. The van der Waals surface area contributed by atoms with E-state index >= 15 is 0 Å². The fraction of sp³-hybridized carbons (Fsp3) is 0.0513. The molecular formula is C78H48N6O2. The van der Waals surface area contributed by atoms with Gasteiger partial charge in [0, 0.05) is 64.6 Å². The van der Waals surface area contributed by atoms with Gasteiger partial charge in [0.05, 0.1) is 66.9 Å². The molecule has 402 valence electrons. The summed E-state index contributed by atoms with van der Waals surface area (Å²) in [7, 11) is 0. The molecule has 0 saturated carbocycles. The lowest BCUT2D eigenvalue weighted by Gasteiger charge is -2.27. The zero-order valence-electron chi connectivity index (χ0n) is 47.0. The highest BCUT2D eigenvalue weighted by Crippen LogP contribution is 2.52. The van der Waals surface area contributed by atoms with E-state index in [0.717, 1.165) is 131 Å². The number of furan rings is 2. The molecule has 0 radical (unpaired) electrons. The molecule has 12 aromatic carbocycles. The minimum absolute atomic E-state index is 0.201. The van der Waals surface area contributed by atoms with Crippen molar-refractivity contribution >= 4 is 131 Å². The molecule has 8 heteroatoms. The number of nitriles is 2. The molecule has 0 aliphatic rings. The van der Waals surface area contributed by atoms with Crippen LogP contribution in [-0.2, 0) is 5.41 Å². The number of aromatic nitrogens is 4. The Morgan fingerprint density at radius 2 is 0.686 bits per heavy atom. The second kappa shape index (κ2) is 17.5. The van der Waals surface area contributed by atoms with Crippen LogP contribution in [0.2, 0.25) is 0 Å². The van der Waals surface area contributed by atoms with Crippen molar-refractivity contribution in [3.8, 4) is 46.0 Å². The fourth-order valence-electron chi connectivity index (χ4n) is 14.4. The lowest BCUT2D eigenvalue weighted by atomic mass is 9.86. The van der Waals surface area contributed by atoms with Crippen molar-refractivity contribution in [3.05, 3.63) is 253 Å². The third-order valence-electron chi connectivity index (χ3n) is 18.2. The topological polar surface area (TPSA) is 93.6 Å². The van der Waals surface area contributed by atoms with E-state index in [-0.39, 0.29) is 5.41 Å². The minimum Gasteiger partial charge on any atom is -0.454 e. The fourth-order valence-corrected chi connectivity index (χ4v) is 14.4. The molecule has 8 nitrogen and oxygen atoms in total. The van der Waals surface area contributed by atoms with E-state index in [9.17, 15) is 10.5 Å². The summed E-state index contributed by atoms with van der Waals surface area (Å²) in [4.78, 5) is 0. The third-order valence-corrected chi connectivity index (χ3v) is 18.2. The van der Waals surface area contributed by atoms with Crippen LogP contribution >= 0.6 is 0 Å². The Balaban J connectivity index is 1.16. The molecule has 0 fully saturated rings. The zero-order chi connectivity index (χ0) is 57.3. The van der Waals surface area contributed by atoms with Crippen LogP contribution in [0.1, 0.15) is 37.5 Å². The van der Waals surface area contributed by atoms with Crippen molar-refractivity contribution < 1.29 is 8.83 Å². The Hall–Kier alpha value is -11.6. The Morgan fingerprint density at radius 3 is 1.15 bits per heavy atom. The van der Waals surface area contributed by atoms with Gasteiger partial charge < -0.3 is 27.1 Å². The number of hydrogen-bond donors (Lipinski definition) is 0. The van der Waals surface area contributed by atoms with E-state index < -0.39 is 0 Å². The van der Waals surface area contributed by atoms with E-state index in [1.807, 2.05) is 36.4 Å². The first-order chi connectivity index (χ1) is 42.3. The highest BCUT2D eigenvalue weighted by Gasteiger charge is 2.36. The molecular weight excluding hydrogens is 1050 g/mol. The first-order valence-corrected chi connectivity index (χ1v) is 29.1. The van der Waals surface area contributed by atoms with Crippen LogP contribution in [0.5, 0.6) is 0 Å². The van der Waals surface area contributed by atoms with Crippen LogP contribution in [0, 0.1) is 22.7 Å². The number of nitrogens with zero attached hydrogens (tertiary/aromatic N) is 6. The highest BCUT2D eigenvalue weighted by atomic mass is 16.3. The van der Waals surface area contributed by atoms with Gasteiger partial charge in [0.25, 0.3) is 0 Å². The molecule has 0 atom stereocenters. The molecule has 0 N–H and O–H groups in total. The highest BCUT2D eigenvalue weighted by molar-refractivity contribution is 6.25. The van der Waals surface area contributed by atoms with Gasteiger partial charge in [-0.3, -0.25) is 0 Å². The summed E-state index contributed by atoms with van der Waals surface area (Å²) in [5.74, 6) is 0. The van der Waals surface area contributed by atoms with Crippen LogP contribution < -0.4 is 0 Å². The first-order valence-electron chi connectivity index (χ1n) is 29.1. The van der Waals surface area contributed by atoms with Crippen LogP contribution in [0.25, 0.3) is 165 Å². The number of benzene rings is 12. The predicted molar refractivity (Wildman–Crippen MR) is 352 cm³/mol. The van der Waals surface area contributed by atoms with Crippen molar-refractivity contribution in [1.29, 1.82) is 10.5 Å². The van der Waals surface area contributed by atoms with Crippen LogP contribution in [0.4, 0.5) is 0 Å². The lowest BCUT2D eigenvalue weighted by molar-refractivity contribution is 0.591. The molecule has 0 aliphatic heterocycles. The van der Waals surface area contributed by atoms with Gasteiger partial charge >= 0.3 is 0 Å². The quantitative estimate of drug-likeness (QED) is 0.172. The van der Waals surface area contributed by atoms with Gasteiger partial charge in [0.15, 0.2) is 11.2 Å². The average Bonchev–Trinajstić information content (AvgIpc) is 1.50. The van der Waals surface area contributed by atoms with Gasteiger partial charge in [0.1, 0.15) is 34.4 Å². The largest absolute Gasteiger partial charge is 0.454 e. The van der Waals surface area contributed by atoms with Crippen LogP contribution in [-0.4, -0.2) is 18.3 Å². The molecule has 0 aliphatic carbocycles. The Morgan fingerprint density at radius 1 is 0.302 bits per heavy atom. The maximum absolute atomic E-state index is 13.0. The normalized spacial score (nSPS) is 12.3. The van der Waals surface area contributed by atoms with Crippen LogP contribution in [0.15, 0.2) is 245 Å². The van der Waals surface area contributed by atoms with E-state index in [1.165, 1.54) is 5.56 Å². The second-order valence-corrected chi connectivity index (χ2v) is 23.7. The smallest absolute Gasteiger partial charge is 0.160 e. The van der Waals surface area contributed by atoms with Gasteiger partial charge in [-0.05, 0) is 94.9 Å². The van der Waals surface area contributed by atoms with Crippen molar-refractivity contribution in [2.24, 2.45) is 0 Å². The van der Waals surface area contributed by atoms with E-state index in [4.69, 9.17) is 8.83 Å². The van der Waals surface area contributed by atoms with E-state index in [0.29, 0.717) is 45.0 Å². The predicted octanol–water partition coefficient (Wildman–Crippen LogP) is 20.6. The molecule has 0 unspecified atom stereocenters. The first kappa shape index (κ1) is 48.0. The van der Waals surface area contributed by atoms with Crippen molar-refractivity contribution in [3.63, 3.8) is 0 Å². The summed E-state index contributed by atoms with van der Waals surface area (Å²) >= 11 is 0. The number of fused-ring (bicyclic) bond motifs is 20. The second-order valence-electron chi connectivity index (χ2n) is 23.7. The summed E-state index contributed by atoms with van der Waals surface area (Å²) in [6.07, 6.45) is 0. The number of rotatable bonds is 5. The van der Waals surface area contributed by atoms with Gasteiger partial charge in [0.2, 0.25) is 0 Å². The average molecular weight is 1100 g/mol. The maximum Gasteiger partial charge on any atom is 0.160 e. The zero-order valence-corrected chi connectivity index (χ0v) is 47.0.